The molecule has 10 N–H and O–H groups in total. The number of rotatable bonds is 7. The van der Waals surface area contributed by atoms with Crippen LogP contribution in [0.4, 0.5) is 0 Å². The van der Waals surface area contributed by atoms with E-state index >= 15 is 0 Å². The summed E-state index contributed by atoms with van der Waals surface area (Å²) < 4.78 is 0. The molecule has 17 heavy (non-hydrogen) atoms. The summed E-state index contributed by atoms with van der Waals surface area (Å²) in [6.07, 6.45) is 0.159. The fourth-order valence-corrected chi connectivity index (χ4v) is 1.20. The molecule has 0 saturated carbocycles. The van der Waals surface area contributed by atoms with Crippen molar-refractivity contribution < 1.29 is 40.9 Å². The first-order valence-corrected chi connectivity index (χ1v) is 4.70. The second-order valence-electron chi connectivity index (χ2n) is 3.04. The minimum Gasteiger partial charge on any atom is -0.481 e. The molecule has 0 saturated heterocycles. The molecule has 0 aliphatic heterocycles. The quantitative estimate of drug-likeness (QED) is 0.445. The summed E-state index contributed by atoms with van der Waals surface area (Å²) in [4.78, 5) is 23.1. The first-order chi connectivity index (χ1) is 6.52. The van der Waals surface area contributed by atoms with E-state index in [4.69, 9.17) is 10.2 Å². The van der Waals surface area contributed by atoms with Crippen molar-refractivity contribution in [2.75, 3.05) is 19.6 Å². The van der Waals surface area contributed by atoms with Gasteiger partial charge in [0.2, 0.25) is 0 Å². The summed E-state index contributed by atoms with van der Waals surface area (Å²) in [5.41, 5.74) is 0. The average molecular weight is 434 g/mol. The molecular weight excluding hydrogens is 409 g/mol. The Labute approximate surface area is 116 Å². The van der Waals surface area contributed by atoms with E-state index in [-0.39, 0.29) is 39.8 Å². The third kappa shape index (κ3) is 10.4. The smallest absolute Gasteiger partial charge is 0.481 e. The molecule has 0 aromatic rings. The monoisotopic (exact) mass is 434 g/mol. The molecule has 0 aliphatic rings. The van der Waals surface area contributed by atoms with Gasteiger partial charge >= 0.3 is 33.0 Å². The van der Waals surface area contributed by atoms with E-state index in [1.165, 1.54) is 0 Å². The first-order valence-electron chi connectivity index (χ1n) is 4.70. The van der Waals surface area contributed by atoms with Crippen molar-refractivity contribution in [1.29, 1.82) is 0 Å². The topological polar surface area (TPSA) is 151 Å². The van der Waals surface area contributed by atoms with Crippen molar-refractivity contribution in [3.8, 4) is 0 Å². The first kappa shape index (κ1) is 25.4. The van der Waals surface area contributed by atoms with Gasteiger partial charge in [0.25, 0.3) is 0 Å². The van der Waals surface area contributed by atoms with E-state index in [1.54, 1.807) is 0 Å². The van der Waals surface area contributed by atoms with E-state index in [9.17, 15) is 9.59 Å². The molecule has 0 spiro atoms. The maximum Gasteiger partial charge on any atom is 2.00 e. The van der Waals surface area contributed by atoms with Gasteiger partial charge in [0.1, 0.15) is 0 Å². The van der Waals surface area contributed by atoms with Crippen molar-refractivity contribution in [3.05, 3.63) is 0 Å². The average Bonchev–Trinajstić information content (AvgIpc) is 2.11. The van der Waals surface area contributed by atoms with Gasteiger partial charge in [-0.1, -0.05) is 13.8 Å². The molecule has 8 heteroatoms. The van der Waals surface area contributed by atoms with Crippen LogP contribution in [0, 0.1) is 5.92 Å². The third-order valence-corrected chi connectivity index (χ3v) is 2.22. The number of hydrogen-bond donors (Lipinski definition) is 4. The normalized spacial score (nSPS) is 8.94. The third-order valence-electron chi connectivity index (χ3n) is 2.22. The van der Waals surface area contributed by atoms with Crippen molar-refractivity contribution in [1.82, 2.24) is 17.2 Å². The van der Waals surface area contributed by atoms with Crippen LogP contribution in [0.1, 0.15) is 20.3 Å². The largest absolute Gasteiger partial charge is 2.00 e. The number of carboxylic acid groups (broad SMARTS) is 2. The minimum atomic E-state index is -1.28. The molecule has 0 bridgehead atoms. The van der Waals surface area contributed by atoms with Crippen molar-refractivity contribution in [2.24, 2.45) is 5.92 Å². The Balaban J connectivity index is -0.000000282. The summed E-state index contributed by atoms with van der Waals surface area (Å²) in [6.45, 7) is 6.04. The van der Waals surface area contributed by atoms with E-state index < -0.39 is 17.9 Å². The molecule has 7 nitrogen and oxygen atoms in total. The van der Waals surface area contributed by atoms with Crippen LogP contribution >= 0.6 is 0 Å². The Morgan fingerprint density at radius 3 is 1.65 bits per heavy atom. The van der Waals surface area contributed by atoms with Gasteiger partial charge in [0, 0.05) is 0 Å². The van der Waals surface area contributed by atoms with Gasteiger partial charge in [-0.25, -0.2) is 0 Å². The maximum absolute atomic E-state index is 10.5. The molecule has 0 heterocycles. The zero-order chi connectivity index (χ0) is 11.1. The fourth-order valence-electron chi connectivity index (χ4n) is 1.20. The standard InChI is InChI=1S/C9H17NO4.2H3N.Pt/c1-3-10(4-2)6-5-7(8(11)12)9(13)14;;;/h7H,3-6H2,1-2H3,(H,11,12)(H,13,14);2*1H3;/q;;;+2/p+2. The molecule has 0 radical (unpaired) electrons. The number of hydrogen-bond acceptors (Lipinski definition) is 3. The van der Waals surface area contributed by atoms with E-state index in [0.717, 1.165) is 13.1 Å². The summed E-state index contributed by atoms with van der Waals surface area (Å²) in [5.74, 6) is -3.80. The van der Waals surface area contributed by atoms with Crippen LogP contribution in [-0.2, 0) is 30.7 Å². The second kappa shape index (κ2) is 13.6. The molecule has 106 valence electrons. The number of nitrogens with zero attached hydrogens (tertiary/aromatic N) is 1. The second-order valence-corrected chi connectivity index (χ2v) is 3.04. The van der Waals surface area contributed by atoms with Crippen LogP contribution in [0.2, 0.25) is 0 Å². The Kier molecular flexibility index (Phi) is 20.3. The zero-order valence-electron chi connectivity index (χ0n) is 10.9. The van der Waals surface area contributed by atoms with Gasteiger partial charge in [-0.2, -0.15) is 0 Å². The van der Waals surface area contributed by atoms with Gasteiger partial charge in [-0.3, -0.25) is 9.59 Å². The Bertz CT molecular complexity index is 198. The van der Waals surface area contributed by atoms with E-state index in [2.05, 4.69) is 0 Å². The van der Waals surface area contributed by atoms with Crippen molar-refractivity contribution >= 4 is 11.9 Å². The van der Waals surface area contributed by atoms with Crippen LogP contribution in [-0.4, -0.2) is 46.7 Å². The SMILES string of the molecule is CCN(CC)CCC(C(=O)O)C(=O)O.[NH4+].[NH4+].[Pt+2]. The molecule has 0 aliphatic carbocycles. The van der Waals surface area contributed by atoms with Crippen LogP contribution < -0.4 is 12.3 Å². The molecule has 0 amide bonds. The van der Waals surface area contributed by atoms with Gasteiger partial charge in [-0.05, 0) is 26.1 Å². The molecule has 0 atom stereocenters. The molecule has 0 unspecified atom stereocenters. The zero-order valence-corrected chi connectivity index (χ0v) is 13.2. The molecule has 0 aromatic heterocycles. The summed E-state index contributed by atoms with van der Waals surface area (Å²) in [6, 6.07) is 0. The maximum atomic E-state index is 10.5. The number of quaternary nitrogens is 2. The summed E-state index contributed by atoms with van der Waals surface area (Å²) in [7, 11) is 0. The predicted molar refractivity (Wildman–Crippen MR) is 63.1 cm³/mol. The van der Waals surface area contributed by atoms with Gasteiger partial charge < -0.3 is 27.4 Å². The van der Waals surface area contributed by atoms with Crippen LogP contribution in [0.25, 0.3) is 0 Å². The van der Waals surface area contributed by atoms with E-state index in [0.29, 0.717) is 6.54 Å². The summed E-state index contributed by atoms with van der Waals surface area (Å²) in [5, 5.41) is 17.2. The predicted octanol–water partition coefficient (Wildman–Crippen LogP) is 1.25. The number of carboxylic acids is 2. The molecule has 0 rings (SSSR count). The van der Waals surface area contributed by atoms with Crippen molar-refractivity contribution in [3.63, 3.8) is 0 Å². The molecule has 0 fully saturated rings. The van der Waals surface area contributed by atoms with Gasteiger partial charge in [0.05, 0.1) is 0 Å². The van der Waals surface area contributed by atoms with Gasteiger partial charge in [-0.15, -0.1) is 0 Å². The van der Waals surface area contributed by atoms with Crippen LogP contribution in [0.5, 0.6) is 0 Å². The van der Waals surface area contributed by atoms with Crippen molar-refractivity contribution in [2.45, 2.75) is 20.3 Å². The van der Waals surface area contributed by atoms with Crippen LogP contribution in [0.15, 0.2) is 0 Å². The number of aliphatic carboxylic acids is 2. The van der Waals surface area contributed by atoms with E-state index in [1.807, 2.05) is 18.7 Å². The fraction of sp³-hybridized carbons (Fsp3) is 0.778. The van der Waals surface area contributed by atoms with Crippen LogP contribution in [0.3, 0.4) is 0 Å². The molecule has 0 aromatic carbocycles. The minimum absolute atomic E-state index is 0. The number of carbonyl (C=O) groups is 2. The van der Waals surface area contributed by atoms with Gasteiger partial charge in [0.15, 0.2) is 5.92 Å². The Morgan fingerprint density at radius 2 is 1.41 bits per heavy atom. The Hall–Kier alpha value is -0.492. The Morgan fingerprint density at radius 1 is 1.06 bits per heavy atom. The molecular formula is C9H25N3O4Pt+4. The summed E-state index contributed by atoms with van der Waals surface area (Å²) >= 11 is 0.